The molecule has 1 aromatic carbocycles. The predicted molar refractivity (Wildman–Crippen MR) is 108 cm³/mol. The molecule has 152 valence electrons. The highest BCUT2D eigenvalue weighted by molar-refractivity contribution is 5.85. The van der Waals surface area contributed by atoms with E-state index in [4.69, 9.17) is 0 Å². The van der Waals surface area contributed by atoms with Crippen LogP contribution >= 0.6 is 12.4 Å². The van der Waals surface area contributed by atoms with Crippen LogP contribution in [0.1, 0.15) is 38.5 Å². The van der Waals surface area contributed by atoms with E-state index in [1.807, 2.05) is 30.3 Å². The smallest absolute Gasteiger partial charge is 0.311 e. The zero-order valence-electron chi connectivity index (χ0n) is 16.0. The molecular weight excluding hydrogens is 378 g/mol. The number of likely N-dealkylation sites (tertiary alicyclic amines) is 1. The molecule has 7 nitrogen and oxygen atoms in total. The van der Waals surface area contributed by atoms with Gasteiger partial charge in [-0.1, -0.05) is 43.2 Å². The summed E-state index contributed by atoms with van der Waals surface area (Å²) in [7, 11) is 0. The lowest BCUT2D eigenvalue weighted by atomic mass is 9.81. The Bertz CT molecular complexity index is 784. The second-order valence-electron chi connectivity index (χ2n) is 7.92. The normalized spacial score (nSPS) is 24.1. The molecule has 2 aliphatic rings. The van der Waals surface area contributed by atoms with E-state index in [2.05, 4.69) is 20.3 Å². The molecule has 0 unspecified atom stereocenters. The minimum atomic E-state index is -0.584. The van der Waals surface area contributed by atoms with Crippen LogP contribution < -0.4 is 0 Å². The van der Waals surface area contributed by atoms with E-state index in [0.29, 0.717) is 11.7 Å². The van der Waals surface area contributed by atoms with Gasteiger partial charge in [0.25, 0.3) is 0 Å². The summed E-state index contributed by atoms with van der Waals surface area (Å²) in [5.41, 5.74) is 0.522. The van der Waals surface area contributed by atoms with Gasteiger partial charge in [-0.05, 0) is 43.4 Å². The molecular formula is C20H28ClN5O2. The van der Waals surface area contributed by atoms with E-state index >= 15 is 0 Å². The molecule has 1 aliphatic heterocycles. The van der Waals surface area contributed by atoms with Gasteiger partial charge in [0.2, 0.25) is 5.82 Å². The number of nitrogens with zero attached hydrogens (tertiary/aromatic N) is 5. The van der Waals surface area contributed by atoms with Crippen molar-refractivity contribution in [2.24, 2.45) is 11.3 Å². The largest absolute Gasteiger partial charge is 0.481 e. The Labute approximate surface area is 171 Å². The van der Waals surface area contributed by atoms with Crippen molar-refractivity contribution in [1.29, 1.82) is 0 Å². The number of hydrogen-bond donors (Lipinski definition) is 1. The lowest BCUT2D eigenvalue weighted by Crippen LogP contribution is -2.35. The first-order valence-electron chi connectivity index (χ1n) is 9.96. The van der Waals surface area contributed by atoms with Crippen LogP contribution in [0.4, 0.5) is 0 Å². The Morgan fingerprint density at radius 1 is 1.18 bits per heavy atom. The summed E-state index contributed by atoms with van der Waals surface area (Å²) in [5.74, 6) is 0.433. The number of aromatic nitrogens is 4. The van der Waals surface area contributed by atoms with Crippen LogP contribution in [0.3, 0.4) is 0 Å². The summed E-state index contributed by atoms with van der Waals surface area (Å²) in [6.45, 7) is 3.45. The summed E-state index contributed by atoms with van der Waals surface area (Å²) >= 11 is 0. The van der Waals surface area contributed by atoms with Crippen molar-refractivity contribution in [2.45, 2.75) is 45.1 Å². The zero-order valence-corrected chi connectivity index (χ0v) is 16.9. The molecule has 4 rings (SSSR count). The molecule has 2 heterocycles. The van der Waals surface area contributed by atoms with Gasteiger partial charge in [0.05, 0.1) is 12.0 Å². The average Bonchev–Trinajstić information content (AvgIpc) is 3.36. The van der Waals surface area contributed by atoms with E-state index in [-0.39, 0.29) is 12.4 Å². The van der Waals surface area contributed by atoms with Crippen molar-refractivity contribution in [3.8, 4) is 11.4 Å². The molecule has 0 amide bonds. The molecule has 1 saturated carbocycles. The Morgan fingerprint density at radius 3 is 2.71 bits per heavy atom. The summed E-state index contributed by atoms with van der Waals surface area (Å²) in [4.78, 5) is 15.8. The Balaban J connectivity index is 0.00000225. The van der Waals surface area contributed by atoms with Crippen LogP contribution in [0.15, 0.2) is 30.3 Å². The number of carboxylic acid groups (broad SMARTS) is 1. The van der Waals surface area contributed by atoms with E-state index < -0.39 is 11.4 Å². The number of rotatable bonds is 8. The van der Waals surface area contributed by atoms with Gasteiger partial charge >= 0.3 is 5.97 Å². The fraction of sp³-hybridized carbons (Fsp3) is 0.600. The Morgan fingerprint density at radius 2 is 1.96 bits per heavy atom. The fourth-order valence-corrected chi connectivity index (χ4v) is 4.72. The number of carboxylic acids is 1. The van der Waals surface area contributed by atoms with Crippen molar-refractivity contribution < 1.29 is 9.90 Å². The summed E-state index contributed by atoms with van der Waals surface area (Å²) in [6, 6.07) is 9.88. The minimum Gasteiger partial charge on any atom is -0.481 e. The average molecular weight is 406 g/mol. The molecule has 1 aliphatic carbocycles. The van der Waals surface area contributed by atoms with Crippen molar-refractivity contribution >= 4 is 18.4 Å². The Kier molecular flexibility index (Phi) is 6.67. The molecule has 1 aromatic heterocycles. The van der Waals surface area contributed by atoms with Gasteiger partial charge < -0.3 is 10.0 Å². The van der Waals surface area contributed by atoms with E-state index in [1.165, 1.54) is 0 Å². The highest BCUT2D eigenvalue weighted by Crippen LogP contribution is 2.48. The molecule has 8 heteroatoms. The fourth-order valence-electron chi connectivity index (χ4n) is 4.72. The third-order valence-corrected chi connectivity index (χ3v) is 6.18. The van der Waals surface area contributed by atoms with E-state index in [9.17, 15) is 9.90 Å². The molecule has 1 N–H and O–H groups in total. The Hall–Kier alpha value is -1.99. The van der Waals surface area contributed by atoms with E-state index in [1.54, 1.807) is 4.80 Å². The molecule has 0 bridgehead atoms. The predicted octanol–water partition coefficient (Wildman–Crippen LogP) is 3.12. The number of aliphatic carboxylic acids is 1. The summed E-state index contributed by atoms with van der Waals surface area (Å²) in [6.07, 6.45) is 6.18. The van der Waals surface area contributed by atoms with Gasteiger partial charge in [0.1, 0.15) is 0 Å². The SMILES string of the molecule is Cl.O=C(O)[C@@]12CCC[C@H]1CN(CCCCCn1nnc(-c3ccccc3)n1)C2. The molecule has 28 heavy (non-hydrogen) atoms. The topological polar surface area (TPSA) is 84.1 Å². The maximum absolute atomic E-state index is 11.7. The maximum Gasteiger partial charge on any atom is 0.311 e. The van der Waals surface area contributed by atoms with Crippen LogP contribution in [0.25, 0.3) is 11.4 Å². The van der Waals surface area contributed by atoms with Gasteiger partial charge in [0, 0.05) is 18.7 Å². The third kappa shape index (κ3) is 4.20. The minimum absolute atomic E-state index is 0. The maximum atomic E-state index is 11.7. The number of unbranched alkanes of at least 4 members (excludes halogenated alkanes) is 2. The first-order valence-corrected chi connectivity index (χ1v) is 9.96. The first kappa shape index (κ1) is 20.7. The van der Waals surface area contributed by atoms with Crippen molar-refractivity contribution in [3.63, 3.8) is 0 Å². The zero-order chi connectivity index (χ0) is 18.7. The second kappa shape index (κ2) is 9.01. The monoisotopic (exact) mass is 405 g/mol. The number of fused-ring (bicyclic) bond motifs is 1. The molecule has 0 spiro atoms. The van der Waals surface area contributed by atoms with Crippen LogP contribution in [0.2, 0.25) is 0 Å². The highest BCUT2D eigenvalue weighted by Gasteiger charge is 2.54. The molecule has 2 aromatic rings. The highest BCUT2D eigenvalue weighted by atomic mass is 35.5. The lowest BCUT2D eigenvalue weighted by Gasteiger charge is -2.23. The first-order chi connectivity index (χ1) is 13.2. The molecule has 0 radical (unpaired) electrons. The van der Waals surface area contributed by atoms with Gasteiger partial charge in [0.15, 0.2) is 0 Å². The molecule has 2 atom stereocenters. The number of halogens is 1. The molecule has 2 fully saturated rings. The lowest BCUT2D eigenvalue weighted by molar-refractivity contribution is -0.149. The van der Waals surface area contributed by atoms with Crippen molar-refractivity contribution in [3.05, 3.63) is 30.3 Å². The van der Waals surface area contributed by atoms with Crippen LogP contribution in [0, 0.1) is 11.3 Å². The van der Waals surface area contributed by atoms with Crippen molar-refractivity contribution in [2.75, 3.05) is 19.6 Å². The third-order valence-electron chi connectivity index (χ3n) is 6.18. The standard InChI is InChI=1S/C20H27N5O2.ClH/c26-19(27)20-11-7-10-17(20)14-24(15-20)12-5-2-6-13-25-22-18(21-23-25)16-8-3-1-4-9-16;/h1,3-4,8-9,17H,2,5-7,10-15H2,(H,26,27);1H/t17-,20+;/m0./s1. The van der Waals surface area contributed by atoms with Crippen LogP contribution in [-0.2, 0) is 11.3 Å². The van der Waals surface area contributed by atoms with Crippen molar-refractivity contribution in [1.82, 2.24) is 25.1 Å². The quantitative estimate of drug-likeness (QED) is 0.679. The van der Waals surface area contributed by atoms with E-state index in [0.717, 1.165) is 70.3 Å². The number of tetrazole rings is 1. The summed E-state index contributed by atoms with van der Waals surface area (Å²) < 4.78 is 0. The van der Waals surface area contributed by atoms with Gasteiger partial charge in [-0.15, -0.1) is 22.6 Å². The van der Waals surface area contributed by atoms with Gasteiger partial charge in [-0.2, -0.15) is 4.80 Å². The van der Waals surface area contributed by atoms with Crippen LogP contribution in [0.5, 0.6) is 0 Å². The van der Waals surface area contributed by atoms with Gasteiger partial charge in [-0.3, -0.25) is 4.79 Å². The number of hydrogen-bond acceptors (Lipinski definition) is 5. The number of carbonyl (C=O) groups is 1. The molecule has 1 saturated heterocycles. The number of benzene rings is 1. The van der Waals surface area contributed by atoms with Gasteiger partial charge in [-0.25, -0.2) is 0 Å². The van der Waals surface area contributed by atoms with Crippen LogP contribution in [-0.4, -0.2) is 55.8 Å². The second-order valence-corrected chi connectivity index (χ2v) is 7.92. The summed E-state index contributed by atoms with van der Waals surface area (Å²) in [5, 5.41) is 22.4. The number of aryl methyl sites for hydroxylation is 1.